The maximum atomic E-state index is 12.7. The Bertz CT molecular complexity index is 614. The topological polar surface area (TPSA) is 70.7 Å². The number of amides is 2. The SMILES string of the molecule is COC1(C(=O)NC2CCN(c3ccc(Cl)cc3)C2=O)CCNCC1. The maximum Gasteiger partial charge on any atom is 0.252 e. The van der Waals surface area contributed by atoms with Gasteiger partial charge in [-0.2, -0.15) is 0 Å². The first kappa shape index (κ1) is 17.2. The Morgan fingerprint density at radius 2 is 2.00 bits per heavy atom. The van der Waals surface area contributed by atoms with Gasteiger partial charge in [0.05, 0.1) is 0 Å². The molecule has 0 spiro atoms. The lowest BCUT2D eigenvalue weighted by molar-refractivity contribution is -0.148. The Morgan fingerprint density at radius 1 is 1.33 bits per heavy atom. The van der Waals surface area contributed by atoms with Gasteiger partial charge in [0.15, 0.2) is 0 Å². The van der Waals surface area contributed by atoms with Crippen molar-refractivity contribution in [2.75, 3.05) is 31.6 Å². The molecule has 7 heteroatoms. The van der Waals surface area contributed by atoms with Gasteiger partial charge in [-0.25, -0.2) is 0 Å². The molecule has 2 fully saturated rings. The van der Waals surface area contributed by atoms with Crippen LogP contribution in [0.5, 0.6) is 0 Å². The Morgan fingerprint density at radius 3 is 2.62 bits per heavy atom. The van der Waals surface area contributed by atoms with Crippen LogP contribution in [0.3, 0.4) is 0 Å². The molecular weight excluding hydrogens is 330 g/mol. The smallest absolute Gasteiger partial charge is 0.252 e. The normalized spacial score (nSPS) is 23.3. The summed E-state index contributed by atoms with van der Waals surface area (Å²) in [6.45, 7) is 2.04. The van der Waals surface area contributed by atoms with E-state index >= 15 is 0 Å². The van der Waals surface area contributed by atoms with Crippen molar-refractivity contribution < 1.29 is 14.3 Å². The summed E-state index contributed by atoms with van der Waals surface area (Å²) >= 11 is 5.89. The summed E-state index contributed by atoms with van der Waals surface area (Å²) in [4.78, 5) is 27.0. The van der Waals surface area contributed by atoms with Crippen molar-refractivity contribution in [3.63, 3.8) is 0 Å². The van der Waals surface area contributed by atoms with E-state index < -0.39 is 11.6 Å². The molecule has 0 aromatic heterocycles. The molecule has 2 saturated heterocycles. The minimum atomic E-state index is -0.834. The molecular formula is C17H22ClN3O3. The molecule has 1 unspecified atom stereocenters. The summed E-state index contributed by atoms with van der Waals surface area (Å²) in [5.74, 6) is -0.284. The van der Waals surface area contributed by atoms with Crippen LogP contribution in [0.15, 0.2) is 24.3 Å². The summed E-state index contributed by atoms with van der Waals surface area (Å²) in [7, 11) is 1.56. The van der Waals surface area contributed by atoms with Crippen molar-refractivity contribution in [1.29, 1.82) is 0 Å². The van der Waals surface area contributed by atoms with E-state index in [-0.39, 0.29) is 11.8 Å². The van der Waals surface area contributed by atoms with Crippen molar-refractivity contribution in [2.45, 2.75) is 30.9 Å². The number of benzene rings is 1. The number of hydrogen-bond acceptors (Lipinski definition) is 4. The number of piperidine rings is 1. The highest BCUT2D eigenvalue weighted by atomic mass is 35.5. The van der Waals surface area contributed by atoms with Crippen molar-refractivity contribution in [2.24, 2.45) is 0 Å². The number of halogens is 1. The van der Waals surface area contributed by atoms with Crippen LogP contribution in [0.25, 0.3) is 0 Å². The number of methoxy groups -OCH3 is 1. The number of nitrogens with one attached hydrogen (secondary N) is 2. The molecule has 0 saturated carbocycles. The van der Waals surface area contributed by atoms with Gasteiger partial charge in [-0.1, -0.05) is 11.6 Å². The van der Waals surface area contributed by atoms with Crippen LogP contribution in [-0.4, -0.2) is 50.2 Å². The van der Waals surface area contributed by atoms with Crippen molar-refractivity contribution in [3.05, 3.63) is 29.3 Å². The van der Waals surface area contributed by atoms with E-state index in [0.29, 0.717) is 30.8 Å². The second kappa shape index (κ2) is 7.09. The number of rotatable bonds is 4. The van der Waals surface area contributed by atoms with Crippen LogP contribution in [-0.2, 0) is 14.3 Å². The van der Waals surface area contributed by atoms with E-state index in [1.165, 1.54) is 0 Å². The fraction of sp³-hybridized carbons (Fsp3) is 0.529. The highest BCUT2D eigenvalue weighted by molar-refractivity contribution is 6.30. The molecule has 1 aromatic carbocycles. The van der Waals surface area contributed by atoms with Crippen LogP contribution >= 0.6 is 11.6 Å². The highest BCUT2D eigenvalue weighted by Gasteiger charge is 2.43. The summed E-state index contributed by atoms with van der Waals surface area (Å²) in [5, 5.41) is 6.74. The summed E-state index contributed by atoms with van der Waals surface area (Å²) in [6.07, 6.45) is 1.81. The minimum absolute atomic E-state index is 0.0918. The van der Waals surface area contributed by atoms with E-state index in [9.17, 15) is 9.59 Å². The molecule has 0 aliphatic carbocycles. The summed E-state index contributed by atoms with van der Waals surface area (Å²) in [5.41, 5.74) is -0.0383. The van der Waals surface area contributed by atoms with Gasteiger partial charge >= 0.3 is 0 Å². The van der Waals surface area contributed by atoms with Gasteiger partial charge < -0.3 is 20.3 Å². The maximum absolute atomic E-state index is 12.7. The Labute approximate surface area is 146 Å². The molecule has 130 valence electrons. The van der Waals surface area contributed by atoms with E-state index in [1.54, 1.807) is 24.1 Å². The zero-order valence-electron chi connectivity index (χ0n) is 13.7. The predicted molar refractivity (Wildman–Crippen MR) is 92.2 cm³/mol. The van der Waals surface area contributed by atoms with Gasteiger partial charge in [0.25, 0.3) is 5.91 Å². The third-order valence-electron chi connectivity index (χ3n) is 4.86. The lowest BCUT2D eigenvalue weighted by Crippen LogP contribution is -2.57. The predicted octanol–water partition coefficient (Wildman–Crippen LogP) is 1.33. The Balaban J connectivity index is 1.67. The molecule has 1 aromatic rings. The van der Waals surface area contributed by atoms with Crippen LogP contribution in [0, 0.1) is 0 Å². The zero-order chi connectivity index (χ0) is 17.2. The average molecular weight is 352 g/mol. The quantitative estimate of drug-likeness (QED) is 0.858. The number of carbonyl (C=O) groups excluding carboxylic acids is 2. The lowest BCUT2D eigenvalue weighted by atomic mass is 9.90. The standard InChI is InChI=1S/C17H22ClN3O3/c1-24-17(7-9-19-10-8-17)16(23)20-14-6-11-21(15(14)22)13-4-2-12(18)3-5-13/h2-5,14,19H,6-11H2,1H3,(H,20,23). The van der Waals surface area contributed by atoms with E-state index in [4.69, 9.17) is 16.3 Å². The molecule has 0 bridgehead atoms. The van der Waals surface area contributed by atoms with Crippen molar-refractivity contribution in [1.82, 2.24) is 10.6 Å². The Hall–Kier alpha value is -1.63. The van der Waals surface area contributed by atoms with Gasteiger partial charge in [-0.05, 0) is 56.6 Å². The van der Waals surface area contributed by atoms with Crippen molar-refractivity contribution in [3.8, 4) is 0 Å². The lowest BCUT2D eigenvalue weighted by Gasteiger charge is -2.35. The van der Waals surface area contributed by atoms with Crippen molar-refractivity contribution >= 4 is 29.1 Å². The van der Waals surface area contributed by atoms with E-state index in [2.05, 4.69) is 10.6 Å². The van der Waals surface area contributed by atoms with E-state index in [0.717, 1.165) is 18.8 Å². The van der Waals surface area contributed by atoms with Gasteiger partial charge in [-0.15, -0.1) is 0 Å². The number of carbonyl (C=O) groups is 2. The Kier molecular flexibility index (Phi) is 5.08. The minimum Gasteiger partial charge on any atom is -0.368 e. The molecule has 3 rings (SSSR count). The highest BCUT2D eigenvalue weighted by Crippen LogP contribution is 2.26. The molecule has 0 radical (unpaired) electrons. The molecule has 2 heterocycles. The number of anilines is 1. The van der Waals surface area contributed by atoms with Crippen LogP contribution in [0.2, 0.25) is 5.02 Å². The second-order valence-electron chi connectivity index (χ2n) is 6.23. The van der Waals surface area contributed by atoms with Gasteiger partial charge in [0.2, 0.25) is 5.91 Å². The van der Waals surface area contributed by atoms with E-state index in [1.807, 2.05) is 12.1 Å². The third-order valence-corrected chi connectivity index (χ3v) is 5.12. The number of hydrogen-bond donors (Lipinski definition) is 2. The first-order valence-corrected chi connectivity index (χ1v) is 8.57. The second-order valence-corrected chi connectivity index (χ2v) is 6.67. The monoisotopic (exact) mass is 351 g/mol. The fourth-order valence-corrected chi connectivity index (χ4v) is 3.46. The first-order chi connectivity index (χ1) is 11.6. The number of ether oxygens (including phenoxy) is 1. The zero-order valence-corrected chi connectivity index (χ0v) is 14.4. The fourth-order valence-electron chi connectivity index (χ4n) is 3.34. The molecule has 2 amide bonds. The number of nitrogens with zero attached hydrogens (tertiary/aromatic N) is 1. The van der Waals surface area contributed by atoms with Gasteiger partial charge in [0.1, 0.15) is 11.6 Å². The largest absolute Gasteiger partial charge is 0.368 e. The summed E-state index contributed by atoms with van der Waals surface area (Å²) < 4.78 is 5.52. The average Bonchev–Trinajstić information content (AvgIpc) is 2.97. The molecule has 6 nitrogen and oxygen atoms in total. The third kappa shape index (κ3) is 3.27. The van der Waals surface area contributed by atoms with Crippen LogP contribution in [0.1, 0.15) is 19.3 Å². The van der Waals surface area contributed by atoms with Crippen LogP contribution < -0.4 is 15.5 Å². The summed E-state index contributed by atoms with van der Waals surface area (Å²) in [6, 6.07) is 6.63. The molecule has 2 aliphatic rings. The molecule has 2 aliphatic heterocycles. The molecule has 24 heavy (non-hydrogen) atoms. The van der Waals surface area contributed by atoms with Gasteiger partial charge in [-0.3, -0.25) is 9.59 Å². The first-order valence-electron chi connectivity index (χ1n) is 8.19. The van der Waals surface area contributed by atoms with Gasteiger partial charge in [0, 0.05) is 24.4 Å². The molecule has 1 atom stereocenters. The molecule has 2 N–H and O–H groups in total. The van der Waals surface area contributed by atoms with Crippen LogP contribution in [0.4, 0.5) is 5.69 Å².